The lowest BCUT2D eigenvalue weighted by molar-refractivity contribution is 0.0669. The van der Waals surface area contributed by atoms with Gasteiger partial charge in [-0.15, -0.1) is 0 Å². The van der Waals surface area contributed by atoms with Gasteiger partial charge in [-0.3, -0.25) is 0 Å². The Kier molecular flexibility index (Phi) is 3.44. The Bertz CT molecular complexity index is 531. The molecular formula is C15H16FNO3. The molecule has 1 aliphatic carbocycles. The van der Waals surface area contributed by atoms with Crippen molar-refractivity contribution in [2.75, 3.05) is 13.1 Å². The number of aliphatic hydroxyl groups is 1. The highest BCUT2D eigenvalue weighted by atomic mass is 19.1. The molecule has 0 aromatic heterocycles. The molecule has 3 rings (SSSR count). The summed E-state index contributed by atoms with van der Waals surface area (Å²) < 4.78 is 18.5. The summed E-state index contributed by atoms with van der Waals surface area (Å²) in [5, 5.41) is 9.67. The van der Waals surface area contributed by atoms with Gasteiger partial charge in [-0.25, -0.2) is 9.18 Å². The van der Waals surface area contributed by atoms with Gasteiger partial charge in [0.05, 0.1) is 6.10 Å². The van der Waals surface area contributed by atoms with E-state index in [-0.39, 0.29) is 12.5 Å². The molecule has 0 saturated carbocycles. The zero-order chi connectivity index (χ0) is 14.1. The first-order chi connectivity index (χ1) is 9.65. The summed E-state index contributed by atoms with van der Waals surface area (Å²) in [6.45, 7) is 0.880. The van der Waals surface area contributed by atoms with Crippen molar-refractivity contribution in [3.8, 4) is 0 Å². The number of halogens is 1. The van der Waals surface area contributed by atoms with Crippen LogP contribution in [-0.2, 0) is 11.3 Å². The van der Waals surface area contributed by atoms with E-state index in [0.717, 1.165) is 11.1 Å². The lowest BCUT2D eigenvalue weighted by atomic mass is 10.0. The standard InChI is InChI=1S/C15H16FNO3/c16-13-6-11-7-17(8-12(11)14(13)18)15(19)20-9-10-4-2-1-3-5-10/h1-6,12-14,18H,7-9H2. The molecule has 1 aromatic carbocycles. The molecule has 5 heteroatoms. The van der Waals surface area contributed by atoms with Crippen LogP contribution in [0.25, 0.3) is 0 Å². The van der Waals surface area contributed by atoms with Gasteiger partial charge in [0.2, 0.25) is 0 Å². The quantitative estimate of drug-likeness (QED) is 0.840. The first-order valence-electron chi connectivity index (χ1n) is 6.63. The Morgan fingerprint density at radius 1 is 1.40 bits per heavy atom. The van der Waals surface area contributed by atoms with Crippen molar-refractivity contribution in [2.45, 2.75) is 18.9 Å². The van der Waals surface area contributed by atoms with E-state index in [1.807, 2.05) is 30.3 Å². The Morgan fingerprint density at radius 3 is 2.85 bits per heavy atom. The number of fused-ring (bicyclic) bond motifs is 1. The van der Waals surface area contributed by atoms with E-state index in [0.29, 0.717) is 13.1 Å². The van der Waals surface area contributed by atoms with Gasteiger partial charge in [-0.1, -0.05) is 30.3 Å². The normalized spacial score (nSPS) is 28.2. The summed E-state index contributed by atoms with van der Waals surface area (Å²) >= 11 is 0. The van der Waals surface area contributed by atoms with E-state index in [4.69, 9.17) is 4.74 Å². The molecule has 1 aromatic rings. The number of hydrogen-bond acceptors (Lipinski definition) is 3. The zero-order valence-corrected chi connectivity index (χ0v) is 10.9. The zero-order valence-electron chi connectivity index (χ0n) is 10.9. The molecule has 1 aliphatic heterocycles. The van der Waals surface area contributed by atoms with Crippen LogP contribution in [0.15, 0.2) is 42.0 Å². The largest absolute Gasteiger partial charge is 0.445 e. The van der Waals surface area contributed by atoms with Gasteiger partial charge in [0.25, 0.3) is 0 Å². The number of benzene rings is 1. The summed E-state index contributed by atoms with van der Waals surface area (Å²) in [6, 6.07) is 9.42. The summed E-state index contributed by atoms with van der Waals surface area (Å²) in [5.74, 6) is -0.283. The maximum absolute atomic E-state index is 13.3. The Morgan fingerprint density at radius 2 is 2.15 bits per heavy atom. The van der Waals surface area contributed by atoms with E-state index in [2.05, 4.69) is 0 Å². The molecule has 0 spiro atoms. The fraction of sp³-hybridized carbons (Fsp3) is 0.400. The molecule has 0 radical (unpaired) electrons. The number of rotatable bonds is 2. The molecule has 1 saturated heterocycles. The van der Waals surface area contributed by atoms with E-state index in [1.54, 1.807) is 0 Å². The van der Waals surface area contributed by atoms with Gasteiger partial charge >= 0.3 is 6.09 Å². The van der Waals surface area contributed by atoms with E-state index < -0.39 is 18.4 Å². The number of hydrogen-bond donors (Lipinski definition) is 1. The minimum Gasteiger partial charge on any atom is -0.445 e. The molecule has 1 N–H and O–H groups in total. The average molecular weight is 277 g/mol. The van der Waals surface area contributed by atoms with Crippen molar-refractivity contribution in [1.82, 2.24) is 4.90 Å². The fourth-order valence-corrected chi connectivity index (χ4v) is 2.74. The average Bonchev–Trinajstić information content (AvgIpc) is 2.98. The minimum absolute atomic E-state index is 0.216. The minimum atomic E-state index is -1.31. The number of carbonyl (C=O) groups is 1. The maximum Gasteiger partial charge on any atom is 0.410 e. The van der Waals surface area contributed by atoms with Crippen LogP contribution in [0.2, 0.25) is 0 Å². The number of ether oxygens (including phenoxy) is 1. The Labute approximate surface area is 116 Å². The second kappa shape index (κ2) is 5.25. The second-order valence-corrected chi connectivity index (χ2v) is 5.20. The van der Waals surface area contributed by atoms with Gasteiger partial charge in [0.15, 0.2) is 0 Å². The predicted octanol–water partition coefficient (Wildman–Crippen LogP) is 1.89. The molecular weight excluding hydrogens is 261 g/mol. The van der Waals surface area contributed by atoms with Crippen LogP contribution >= 0.6 is 0 Å². The van der Waals surface area contributed by atoms with Crippen molar-refractivity contribution in [3.05, 3.63) is 47.5 Å². The monoisotopic (exact) mass is 277 g/mol. The van der Waals surface area contributed by atoms with Crippen LogP contribution in [-0.4, -0.2) is 41.5 Å². The van der Waals surface area contributed by atoms with E-state index >= 15 is 0 Å². The molecule has 0 bridgehead atoms. The number of amides is 1. The molecule has 1 amide bonds. The van der Waals surface area contributed by atoms with Gasteiger partial charge in [0.1, 0.15) is 12.8 Å². The van der Waals surface area contributed by atoms with E-state index in [9.17, 15) is 14.3 Å². The Hall–Kier alpha value is -1.88. The number of carbonyl (C=O) groups excluding carboxylic acids is 1. The lowest BCUT2D eigenvalue weighted by Crippen LogP contribution is -2.33. The van der Waals surface area contributed by atoms with Crippen LogP contribution in [0.5, 0.6) is 0 Å². The number of alkyl halides is 1. The number of nitrogens with zero attached hydrogens (tertiary/aromatic N) is 1. The fourth-order valence-electron chi connectivity index (χ4n) is 2.74. The number of aliphatic hydroxyl groups excluding tert-OH is 1. The van der Waals surface area contributed by atoms with Crippen LogP contribution in [0, 0.1) is 5.92 Å². The molecule has 106 valence electrons. The summed E-state index contributed by atoms with van der Waals surface area (Å²) in [6.07, 6.45) is -1.35. The van der Waals surface area contributed by atoms with Gasteiger partial charge in [-0.2, -0.15) is 0 Å². The molecule has 2 aliphatic rings. The highest BCUT2D eigenvalue weighted by Crippen LogP contribution is 2.35. The third-order valence-corrected chi connectivity index (χ3v) is 3.84. The van der Waals surface area contributed by atoms with Crippen molar-refractivity contribution < 1.29 is 19.0 Å². The maximum atomic E-state index is 13.3. The Balaban J connectivity index is 1.56. The van der Waals surface area contributed by atoms with Crippen molar-refractivity contribution in [2.24, 2.45) is 5.92 Å². The van der Waals surface area contributed by atoms with Crippen molar-refractivity contribution in [3.63, 3.8) is 0 Å². The first-order valence-corrected chi connectivity index (χ1v) is 6.63. The molecule has 3 unspecified atom stereocenters. The highest BCUT2D eigenvalue weighted by molar-refractivity contribution is 5.69. The summed E-state index contributed by atoms with van der Waals surface area (Å²) in [5.41, 5.74) is 1.71. The molecule has 4 nitrogen and oxygen atoms in total. The van der Waals surface area contributed by atoms with Crippen molar-refractivity contribution in [1.29, 1.82) is 0 Å². The molecule has 1 fully saturated rings. The summed E-state index contributed by atoms with van der Waals surface area (Å²) in [4.78, 5) is 13.4. The lowest BCUT2D eigenvalue weighted by Gasteiger charge is -2.18. The first kappa shape index (κ1) is 13.1. The number of likely N-dealkylation sites (tertiary alicyclic amines) is 1. The van der Waals surface area contributed by atoms with Crippen LogP contribution in [0.4, 0.5) is 9.18 Å². The van der Waals surface area contributed by atoms with Crippen molar-refractivity contribution >= 4 is 6.09 Å². The van der Waals surface area contributed by atoms with Gasteiger partial charge < -0.3 is 14.7 Å². The SMILES string of the molecule is O=C(OCc1ccccc1)N1CC2=CC(F)C(O)C2C1. The predicted molar refractivity (Wildman–Crippen MR) is 70.7 cm³/mol. The van der Waals surface area contributed by atoms with Crippen LogP contribution in [0.3, 0.4) is 0 Å². The third-order valence-electron chi connectivity index (χ3n) is 3.84. The summed E-state index contributed by atoms with van der Waals surface area (Å²) in [7, 11) is 0. The third kappa shape index (κ3) is 2.41. The van der Waals surface area contributed by atoms with Crippen LogP contribution < -0.4 is 0 Å². The molecule has 20 heavy (non-hydrogen) atoms. The molecule has 3 atom stereocenters. The smallest absolute Gasteiger partial charge is 0.410 e. The highest BCUT2D eigenvalue weighted by Gasteiger charge is 2.43. The van der Waals surface area contributed by atoms with Crippen LogP contribution in [0.1, 0.15) is 5.56 Å². The van der Waals surface area contributed by atoms with Gasteiger partial charge in [-0.05, 0) is 17.2 Å². The topological polar surface area (TPSA) is 49.8 Å². The molecule has 1 heterocycles. The van der Waals surface area contributed by atoms with E-state index in [1.165, 1.54) is 11.0 Å². The van der Waals surface area contributed by atoms with Gasteiger partial charge in [0, 0.05) is 19.0 Å². The second-order valence-electron chi connectivity index (χ2n) is 5.20.